The number of nitro groups is 1. The Hall–Kier alpha value is -2.94. The predicted octanol–water partition coefficient (Wildman–Crippen LogP) is 2.21. The summed E-state index contributed by atoms with van der Waals surface area (Å²) >= 11 is 0. The fourth-order valence-electron chi connectivity index (χ4n) is 3.65. The number of nitrogens with zero attached hydrogens (tertiary/aromatic N) is 3. The number of nitro benzene ring substituents is 1. The molecule has 2 aromatic rings. The molecule has 8 nitrogen and oxygen atoms in total. The minimum absolute atomic E-state index is 0.121. The van der Waals surface area contributed by atoms with Crippen LogP contribution in [0.15, 0.2) is 54.6 Å². The number of urea groups is 1. The summed E-state index contributed by atoms with van der Waals surface area (Å²) in [5.74, 6) is -0.279. The molecule has 0 bridgehead atoms. The third kappa shape index (κ3) is 2.60. The standard InChI is InChI=1S/C17H15N3O5S/c21-17-18(12-5-2-1-3-6-12)15-10-26(24,25)11-16(15)19(17)13-7-4-8-14(9-13)20(22)23/h1-9,15-16H,10-11H2/t15-,16-/m1/s1. The lowest BCUT2D eigenvalue weighted by Gasteiger charge is -2.22. The van der Waals surface area contributed by atoms with Crippen molar-refractivity contribution in [2.75, 3.05) is 21.3 Å². The first-order valence-corrected chi connectivity index (χ1v) is 9.82. The van der Waals surface area contributed by atoms with E-state index in [1.807, 2.05) is 6.07 Å². The molecule has 2 heterocycles. The lowest BCUT2D eigenvalue weighted by molar-refractivity contribution is -0.384. The molecule has 26 heavy (non-hydrogen) atoms. The topological polar surface area (TPSA) is 101 Å². The molecule has 4 rings (SSSR count). The van der Waals surface area contributed by atoms with Crippen LogP contribution in [0.4, 0.5) is 21.9 Å². The van der Waals surface area contributed by atoms with Gasteiger partial charge in [0.2, 0.25) is 0 Å². The predicted molar refractivity (Wildman–Crippen MR) is 96.1 cm³/mol. The van der Waals surface area contributed by atoms with Crippen molar-refractivity contribution in [3.05, 3.63) is 64.7 Å². The number of anilines is 2. The Labute approximate surface area is 149 Å². The third-order valence-electron chi connectivity index (χ3n) is 4.72. The van der Waals surface area contributed by atoms with Gasteiger partial charge in [-0.3, -0.25) is 19.9 Å². The van der Waals surface area contributed by atoms with Crippen LogP contribution < -0.4 is 9.80 Å². The highest BCUT2D eigenvalue weighted by Gasteiger charge is 2.54. The molecule has 0 N–H and O–H groups in total. The smallest absolute Gasteiger partial charge is 0.288 e. The number of hydrogen-bond donors (Lipinski definition) is 0. The summed E-state index contributed by atoms with van der Waals surface area (Å²) in [5, 5.41) is 11.1. The van der Waals surface area contributed by atoms with Gasteiger partial charge in [-0.15, -0.1) is 0 Å². The van der Waals surface area contributed by atoms with Crippen molar-refractivity contribution in [1.29, 1.82) is 0 Å². The highest BCUT2D eigenvalue weighted by Crippen LogP contribution is 2.38. The maximum atomic E-state index is 13.1. The summed E-state index contributed by atoms with van der Waals surface area (Å²) in [7, 11) is -3.31. The fourth-order valence-corrected chi connectivity index (χ4v) is 5.57. The molecule has 0 aromatic heterocycles. The Bertz CT molecular complexity index is 992. The van der Waals surface area contributed by atoms with Gasteiger partial charge in [0.15, 0.2) is 9.84 Å². The van der Waals surface area contributed by atoms with Crippen molar-refractivity contribution >= 4 is 32.9 Å². The van der Waals surface area contributed by atoms with Gasteiger partial charge in [-0.25, -0.2) is 13.2 Å². The maximum absolute atomic E-state index is 13.1. The number of para-hydroxylation sites is 1. The summed E-state index contributed by atoms with van der Waals surface area (Å²) in [6.45, 7) is 0. The second-order valence-electron chi connectivity index (χ2n) is 6.35. The van der Waals surface area contributed by atoms with E-state index in [9.17, 15) is 23.3 Å². The Balaban J connectivity index is 1.81. The number of carbonyl (C=O) groups excluding carboxylic acids is 1. The third-order valence-corrected chi connectivity index (χ3v) is 6.42. The van der Waals surface area contributed by atoms with Crippen molar-refractivity contribution < 1.29 is 18.1 Å². The monoisotopic (exact) mass is 373 g/mol. The van der Waals surface area contributed by atoms with Gasteiger partial charge in [0.1, 0.15) is 0 Å². The quantitative estimate of drug-likeness (QED) is 0.466. The van der Waals surface area contributed by atoms with Crippen molar-refractivity contribution in [2.45, 2.75) is 12.1 Å². The van der Waals surface area contributed by atoms with E-state index in [0.29, 0.717) is 11.4 Å². The molecular formula is C17H15N3O5S. The van der Waals surface area contributed by atoms with Crippen LogP contribution in [0.1, 0.15) is 0 Å². The minimum atomic E-state index is -3.31. The maximum Gasteiger partial charge on any atom is 0.329 e. The van der Waals surface area contributed by atoms with Gasteiger partial charge in [-0.05, 0) is 18.2 Å². The van der Waals surface area contributed by atoms with Crippen molar-refractivity contribution in [3.63, 3.8) is 0 Å². The average molecular weight is 373 g/mol. The van der Waals surface area contributed by atoms with E-state index in [0.717, 1.165) is 0 Å². The van der Waals surface area contributed by atoms with Gasteiger partial charge < -0.3 is 0 Å². The van der Waals surface area contributed by atoms with Crippen LogP contribution in [0, 0.1) is 10.1 Å². The van der Waals surface area contributed by atoms with Gasteiger partial charge in [0.05, 0.1) is 34.2 Å². The van der Waals surface area contributed by atoms with E-state index < -0.39 is 26.8 Å². The number of non-ortho nitro benzene ring substituents is 1. The number of fused-ring (bicyclic) bond motifs is 1. The molecule has 2 fully saturated rings. The largest absolute Gasteiger partial charge is 0.329 e. The fraction of sp³-hybridized carbons (Fsp3) is 0.235. The summed E-state index contributed by atoms with van der Waals surface area (Å²) in [6.07, 6.45) is 0. The highest BCUT2D eigenvalue weighted by atomic mass is 32.2. The van der Waals surface area contributed by atoms with Gasteiger partial charge in [-0.1, -0.05) is 24.3 Å². The van der Waals surface area contributed by atoms with Crippen LogP contribution in [0.25, 0.3) is 0 Å². The van der Waals surface area contributed by atoms with E-state index in [4.69, 9.17) is 0 Å². The molecule has 0 unspecified atom stereocenters. The second kappa shape index (κ2) is 5.80. The van der Waals surface area contributed by atoms with E-state index in [1.54, 1.807) is 30.3 Å². The Morgan fingerprint density at radius 1 is 0.923 bits per heavy atom. The van der Waals surface area contributed by atoms with Crippen LogP contribution in [0.3, 0.4) is 0 Å². The lowest BCUT2D eigenvalue weighted by Crippen LogP contribution is -2.37. The molecule has 134 valence electrons. The van der Waals surface area contributed by atoms with Crippen molar-refractivity contribution in [3.8, 4) is 0 Å². The molecule has 2 atom stereocenters. The average Bonchev–Trinajstić information content (AvgIpc) is 3.04. The van der Waals surface area contributed by atoms with E-state index in [2.05, 4.69) is 0 Å². The summed E-state index contributed by atoms with van der Waals surface area (Å²) in [5.41, 5.74) is 0.790. The summed E-state index contributed by atoms with van der Waals surface area (Å²) in [4.78, 5) is 26.5. The van der Waals surface area contributed by atoms with E-state index in [1.165, 1.54) is 28.0 Å². The van der Waals surface area contributed by atoms with Crippen LogP contribution in [0.5, 0.6) is 0 Å². The van der Waals surface area contributed by atoms with Gasteiger partial charge in [-0.2, -0.15) is 0 Å². The highest BCUT2D eigenvalue weighted by molar-refractivity contribution is 7.91. The molecule has 0 aliphatic carbocycles. The molecule has 0 spiro atoms. The zero-order valence-corrected chi connectivity index (χ0v) is 14.4. The van der Waals surface area contributed by atoms with E-state index in [-0.39, 0.29) is 23.2 Å². The van der Waals surface area contributed by atoms with Crippen LogP contribution in [-0.2, 0) is 9.84 Å². The molecule has 2 saturated heterocycles. The normalized spacial score (nSPS) is 23.9. The molecule has 2 aliphatic rings. The Morgan fingerprint density at radius 2 is 1.50 bits per heavy atom. The number of carbonyl (C=O) groups is 1. The molecular weight excluding hydrogens is 358 g/mol. The SMILES string of the molecule is O=C1N(c2ccccc2)[C@@H]2CS(=O)(=O)C[C@H]2N1c1cccc([N+](=O)[O-])c1. The first-order chi connectivity index (χ1) is 12.4. The number of amides is 2. The van der Waals surface area contributed by atoms with Gasteiger partial charge in [0, 0.05) is 17.8 Å². The van der Waals surface area contributed by atoms with Gasteiger partial charge in [0.25, 0.3) is 5.69 Å². The zero-order chi connectivity index (χ0) is 18.5. The molecule has 2 aromatic carbocycles. The molecule has 0 saturated carbocycles. The summed E-state index contributed by atoms with van der Waals surface area (Å²) < 4.78 is 24.4. The second-order valence-corrected chi connectivity index (χ2v) is 8.50. The van der Waals surface area contributed by atoms with Crippen LogP contribution >= 0.6 is 0 Å². The Kier molecular flexibility index (Phi) is 3.69. The van der Waals surface area contributed by atoms with Crippen LogP contribution in [-0.4, -0.2) is 43.0 Å². The Morgan fingerprint density at radius 3 is 2.12 bits per heavy atom. The molecule has 2 aliphatic heterocycles. The van der Waals surface area contributed by atoms with Crippen molar-refractivity contribution in [1.82, 2.24) is 0 Å². The molecule has 9 heteroatoms. The van der Waals surface area contributed by atoms with E-state index >= 15 is 0 Å². The first-order valence-electron chi connectivity index (χ1n) is 8.00. The lowest BCUT2D eigenvalue weighted by atomic mass is 10.1. The summed E-state index contributed by atoms with van der Waals surface area (Å²) in [6, 6.07) is 13.1. The number of benzene rings is 2. The molecule has 2 amide bonds. The first kappa shape index (κ1) is 16.5. The molecule has 0 radical (unpaired) electrons. The van der Waals surface area contributed by atoms with Crippen molar-refractivity contribution in [2.24, 2.45) is 0 Å². The number of rotatable bonds is 3. The minimum Gasteiger partial charge on any atom is -0.288 e. The number of sulfone groups is 1. The zero-order valence-electron chi connectivity index (χ0n) is 13.6. The van der Waals surface area contributed by atoms with Gasteiger partial charge >= 0.3 is 6.03 Å². The van der Waals surface area contributed by atoms with Crippen LogP contribution in [0.2, 0.25) is 0 Å². The number of hydrogen-bond acceptors (Lipinski definition) is 5.